The van der Waals surface area contributed by atoms with Gasteiger partial charge in [-0.1, -0.05) is 25.6 Å². The van der Waals surface area contributed by atoms with Crippen molar-refractivity contribution in [1.82, 2.24) is 5.32 Å². The zero-order valence-electron chi connectivity index (χ0n) is 10.6. The fourth-order valence-electron chi connectivity index (χ4n) is 1.65. The third kappa shape index (κ3) is 2.85. The van der Waals surface area contributed by atoms with Crippen molar-refractivity contribution in [2.75, 3.05) is 7.11 Å². The van der Waals surface area contributed by atoms with Crippen molar-refractivity contribution in [2.45, 2.75) is 19.1 Å². The highest BCUT2D eigenvalue weighted by Gasteiger charge is 2.32. The van der Waals surface area contributed by atoms with Crippen molar-refractivity contribution in [1.29, 1.82) is 0 Å². The first-order valence-electron chi connectivity index (χ1n) is 5.80. The molecule has 2 rings (SSSR count). The zero-order valence-corrected chi connectivity index (χ0v) is 11.5. The minimum atomic E-state index is -0.0398. The minimum absolute atomic E-state index is 0.0398. The second-order valence-electron chi connectivity index (χ2n) is 4.39. The number of ether oxygens (including phenoxy) is 1. The summed E-state index contributed by atoms with van der Waals surface area (Å²) in [4.78, 5) is 16.1. The molecule has 1 amide bonds. The van der Waals surface area contributed by atoms with E-state index >= 15 is 0 Å². The van der Waals surface area contributed by atoms with Gasteiger partial charge < -0.3 is 10.1 Å². The van der Waals surface area contributed by atoms with E-state index in [4.69, 9.17) is 4.74 Å². The molecule has 0 aromatic heterocycles. The van der Waals surface area contributed by atoms with Crippen LogP contribution in [0.2, 0.25) is 0 Å². The Labute approximate surface area is 111 Å². The lowest BCUT2D eigenvalue weighted by molar-refractivity contribution is -0.119. The van der Waals surface area contributed by atoms with Gasteiger partial charge in [-0.05, 0) is 30.2 Å². The van der Waals surface area contributed by atoms with Crippen LogP contribution in [0, 0.1) is 5.92 Å². The molecule has 1 heterocycles. The number of thioether (sulfide) groups is 1. The first kappa shape index (κ1) is 13.0. The average Bonchev–Trinajstić information content (AvgIpc) is 2.71. The van der Waals surface area contributed by atoms with Crippen molar-refractivity contribution < 1.29 is 9.53 Å². The summed E-state index contributed by atoms with van der Waals surface area (Å²) in [5.41, 5.74) is 0.808. The molecular formula is C13H16N2O2S. The molecule has 1 saturated heterocycles. The molecular weight excluding hydrogens is 248 g/mol. The van der Waals surface area contributed by atoms with E-state index < -0.39 is 0 Å². The lowest BCUT2D eigenvalue weighted by atomic mass is 10.1. The summed E-state index contributed by atoms with van der Waals surface area (Å²) < 4.78 is 5.08. The summed E-state index contributed by atoms with van der Waals surface area (Å²) in [6.07, 6.45) is 0. The van der Waals surface area contributed by atoms with Crippen molar-refractivity contribution in [3.8, 4) is 5.75 Å². The number of aliphatic imine (C=N–C) groups is 1. The van der Waals surface area contributed by atoms with Crippen molar-refractivity contribution in [2.24, 2.45) is 10.9 Å². The maximum absolute atomic E-state index is 11.7. The number of hydrogen-bond donors (Lipinski definition) is 1. The van der Waals surface area contributed by atoms with Crippen LogP contribution in [0.15, 0.2) is 29.3 Å². The topological polar surface area (TPSA) is 50.7 Å². The van der Waals surface area contributed by atoms with Crippen LogP contribution in [0.1, 0.15) is 13.8 Å². The molecule has 1 atom stereocenters. The van der Waals surface area contributed by atoms with Gasteiger partial charge in [-0.3, -0.25) is 4.79 Å². The fraction of sp³-hybridized carbons (Fsp3) is 0.385. The lowest BCUT2D eigenvalue weighted by Gasteiger charge is -2.07. The zero-order chi connectivity index (χ0) is 13.1. The summed E-state index contributed by atoms with van der Waals surface area (Å²) in [7, 11) is 1.63. The maximum atomic E-state index is 11.7. The fourth-order valence-corrected chi connectivity index (χ4v) is 2.64. The number of nitrogens with one attached hydrogen (secondary N) is 1. The molecule has 0 spiro atoms. The number of nitrogens with zero attached hydrogens (tertiary/aromatic N) is 1. The van der Waals surface area contributed by atoms with E-state index in [9.17, 15) is 4.79 Å². The smallest absolute Gasteiger partial charge is 0.239 e. The first-order chi connectivity index (χ1) is 8.60. The molecule has 0 radical (unpaired) electrons. The summed E-state index contributed by atoms with van der Waals surface area (Å²) in [5, 5.41) is 3.44. The molecule has 1 aromatic carbocycles. The Morgan fingerprint density at radius 1 is 1.33 bits per heavy atom. The molecule has 0 saturated carbocycles. The molecule has 0 aliphatic carbocycles. The van der Waals surface area contributed by atoms with Gasteiger partial charge in [0.25, 0.3) is 0 Å². The van der Waals surface area contributed by atoms with Crippen LogP contribution in [-0.4, -0.2) is 23.4 Å². The van der Waals surface area contributed by atoms with Gasteiger partial charge in [0.1, 0.15) is 5.75 Å². The van der Waals surface area contributed by atoms with Crippen LogP contribution in [0.5, 0.6) is 5.75 Å². The number of hydrogen-bond acceptors (Lipinski definition) is 4. The number of carbonyl (C=O) groups excluding carboxylic acids is 1. The highest BCUT2D eigenvalue weighted by molar-refractivity contribution is 8.15. The van der Waals surface area contributed by atoms with E-state index in [0.29, 0.717) is 11.1 Å². The van der Waals surface area contributed by atoms with Crippen LogP contribution in [0.25, 0.3) is 0 Å². The van der Waals surface area contributed by atoms with Crippen LogP contribution in [0.3, 0.4) is 0 Å². The van der Waals surface area contributed by atoms with Gasteiger partial charge in [0.05, 0.1) is 18.0 Å². The molecule has 0 bridgehead atoms. The Hall–Kier alpha value is -1.49. The quantitative estimate of drug-likeness (QED) is 0.913. The average molecular weight is 264 g/mol. The number of benzene rings is 1. The van der Waals surface area contributed by atoms with Gasteiger partial charge in [-0.25, -0.2) is 4.99 Å². The van der Waals surface area contributed by atoms with Gasteiger partial charge in [-0.15, -0.1) is 0 Å². The SMILES string of the molecule is COc1ccc(N=C2NC(=O)C(C(C)C)S2)cc1. The van der Waals surface area contributed by atoms with E-state index in [2.05, 4.69) is 10.3 Å². The van der Waals surface area contributed by atoms with Gasteiger partial charge in [0.2, 0.25) is 5.91 Å². The standard InChI is InChI=1S/C13H16N2O2S/c1-8(2)11-12(16)15-13(18-11)14-9-4-6-10(17-3)7-5-9/h4-8,11H,1-3H3,(H,14,15,16). The number of methoxy groups -OCH3 is 1. The van der Waals surface area contributed by atoms with Gasteiger partial charge in [0.15, 0.2) is 5.17 Å². The molecule has 1 fully saturated rings. The van der Waals surface area contributed by atoms with E-state index in [1.54, 1.807) is 7.11 Å². The highest BCUT2D eigenvalue weighted by Crippen LogP contribution is 2.28. The Morgan fingerprint density at radius 2 is 2.00 bits per heavy atom. The summed E-state index contributed by atoms with van der Waals surface area (Å²) in [6, 6.07) is 7.42. The van der Waals surface area contributed by atoms with E-state index in [0.717, 1.165) is 11.4 Å². The van der Waals surface area contributed by atoms with Gasteiger partial charge >= 0.3 is 0 Å². The molecule has 1 N–H and O–H groups in total. The summed E-state index contributed by atoms with van der Waals surface area (Å²) in [6.45, 7) is 4.07. The normalized spacial score (nSPS) is 21.4. The van der Waals surface area contributed by atoms with E-state index in [1.165, 1.54) is 11.8 Å². The summed E-state index contributed by atoms with van der Waals surface area (Å²) in [5.74, 6) is 1.14. The molecule has 18 heavy (non-hydrogen) atoms. The van der Waals surface area contributed by atoms with Crippen molar-refractivity contribution >= 4 is 28.5 Å². The number of rotatable bonds is 3. The minimum Gasteiger partial charge on any atom is -0.497 e. The molecule has 5 heteroatoms. The number of carbonyl (C=O) groups is 1. The number of amides is 1. The third-order valence-corrected chi connectivity index (χ3v) is 4.06. The van der Waals surface area contributed by atoms with Gasteiger partial charge in [0, 0.05) is 0 Å². The van der Waals surface area contributed by atoms with Crippen molar-refractivity contribution in [3.05, 3.63) is 24.3 Å². The summed E-state index contributed by atoms with van der Waals surface area (Å²) >= 11 is 1.49. The molecule has 1 aliphatic rings. The Bertz CT molecular complexity index is 468. The predicted molar refractivity (Wildman–Crippen MR) is 74.4 cm³/mol. The highest BCUT2D eigenvalue weighted by atomic mass is 32.2. The Kier molecular flexibility index (Phi) is 3.91. The number of amidine groups is 1. The lowest BCUT2D eigenvalue weighted by Crippen LogP contribution is -2.27. The monoisotopic (exact) mass is 264 g/mol. The van der Waals surface area contributed by atoms with Crippen LogP contribution >= 0.6 is 11.8 Å². The second kappa shape index (κ2) is 5.44. The largest absolute Gasteiger partial charge is 0.497 e. The van der Waals surface area contributed by atoms with Gasteiger partial charge in [-0.2, -0.15) is 0 Å². The van der Waals surface area contributed by atoms with Crippen LogP contribution in [0.4, 0.5) is 5.69 Å². The molecule has 96 valence electrons. The molecule has 4 nitrogen and oxygen atoms in total. The Morgan fingerprint density at radius 3 is 2.50 bits per heavy atom. The molecule has 1 aromatic rings. The third-order valence-electron chi connectivity index (χ3n) is 2.64. The molecule has 1 aliphatic heterocycles. The van der Waals surface area contributed by atoms with E-state index in [-0.39, 0.29) is 11.2 Å². The van der Waals surface area contributed by atoms with E-state index in [1.807, 2.05) is 38.1 Å². The predicted octanol–water partition coefficient (Wildman–Crippen LogP) is 2.57. The van der Waals surface area contributed by atoms with Crippen molar-refractivity contribution in [3.63, 3.8) is 0 Å². The first-order valence-corrected chi connectivity index (χ1v) is 6.68. The second-order valence-corrected chi connectivity index (χ2v) is 5.52. The van der Waals surface area contributed by atoms with Crippen LogP contribution in [-0.2, 0) is 4.79 Å². The Balaban J connectivity index is 2.12. The van der Waals surface area contributed by atoms with Crippen LogP contribution < -0.4 is 10.1 Å². The molecule has 1 unspecified atom stereocenters. The maximum Gasteiger partial charge on any atom is 0.239 e.